The first kappa shape index (κ1) is 23.3. The van der Waals surface area contributed by atoms with E-state index in [1.807, 2.05) is 13.8 Å². The molecule has 0 aromatic carbocycles. The Balaban J connectivity index is 0.000000136. The molecule has 6 rings (SSSR count). The van der Waals surface area contributed by atoms with Crippen LogP contribution in [0.15, 0.2) is 0 Å². The van der Waals surface area contributed by atoms with Gasteiger partial charge in [-0.3, -0.25) is 19.1 Å². The summed E-state index contributed by atoms with van der Waals surface area (Å²) >= 11 is 0. The number of carbonyl (C=O) groups excluding carboxylic acids is 1. The zero-order valence-corrected chi connectivity index (χ0v) is 20.8. The van der Waals surface area contributed by atoms with Gasteiger partial charge in [-0.25, -0.2) is 0 Å². The molecule has 4 aliphatic heterocycles. The van der Waals surface area contributed by atoms with Crippen LogP contribution in [-0.4, -0.2) is 72.6 Å². The molecule has 0 spiro atoms. The molecule has 1 N–H and O–H groups in total. The van der Waals surface area contributed by atoms with Crippen LogP contribution >= 0.6 is 0 Å². The van der Waals surface area contributed by atoms with Crippen LogP contribution < -0.4 is 0 Å². The molecule has 0 amide bonds. The molecule has 2 saturated carbocycles. The van der Waals surface area contributed by atoms with Gasteiger partial charge in [0.25, 0.3) is 10.1 Å². The topological polar surface area (TPSA) is 77.9 Å². The largest absolute Gasteiger partial charge is 0.300 e. The molecule has 6 atom stereocenters. The highest BCUT2D eigenvalue weighted by atomic mass is 32.2. The molecule has 4 bridgehead atoms. The number of rotatable bonds is 2. The van der Waals surface area contributed by atoms with Crippen LogP contribution in [0.25, 0.3) is 0 Å². The third-order valence-electron chi connectivity index (χ3n) is 10.5. The van der Waals surface area contributed by atoms with Crippen LogP contribution in [0.5, 0.6) is 0 Å². The van der Waals surface area contributed by atoms with Gasteiger partial charge in [-0.1, -0.05) is 26.7 Å². The van der Waals surface area contributed by atoms with E-state index in [9.17, 15) is 13.2 Å². The van der Waals surface area contributed by atoms with Crippen LogP contribution in [0.3, 0.4) is 0 Å². The predicted octanol–water partition coefficient (Wildman–Crippen LogP) is 3.61. The number of hydrogen-bond donors (Lipinski definition) is 1. The van der Waals surface area contributed by atoms with E-state index in [0.717, 1.165) is 30.3 Å². The molecule has 182 valence electrons. The van der Waals surface area contributed by atoms with Gasteiger partial charge < -0.3 is 0 Å². The van der Waals surface area contributed by atoms with Gasteiger partial charge in [0.1, 0.15) is 5.78 Å². The summed E-state index contributed by atoms with van der Waals surface area (Å²) in [5, 5.41) is 0. The Kier molecular flexibility index (Phi) is 6.04. The van der Waals surface area contributed by atoms with E-state index < -0.39 is 21.3 Å². The zero-order chi connectivity index (χ0) is 22.7. The Morgan fingerprint density at radius 1 is 0.938 bits per heavy atom. The highest BCUT2D eigenvalue weighted by molar-refractivity contribution is 7.85. The zero-order valence-electron chi connectivity index (χ0n) is 20.0. The number of carbonyl (C=O) groups is 1. The number of Topliss-reactive ketones (excluding diaryl/α,β-unsaturated/α-hetero) is 1. The average molecular weight is 467 g/mol. The molecule has 0 aromatic rings. The lowest BCUT2D eigenvalue weighted by atomic mass is 9.70. The molecule has 6 fully saturated rings. The third kappa shape index (κ3) is 3.89. The third-order valence-corrected chi connectivity index (χ3v) is 11.4. The molecule has 32 heavy (non-hydrogen) atoms. The maximum absolute atomic E-state index is 11.9. The Morgan fingerprint density at radius 2 is 1.50 bits per heavy atom. The summed E-state index contributed by atoms with van der Waals surface area (Å²) in [6, 6.07) is 1.92. The monoisotopic (exact) mass is 466 g/mol. The van der Waals surface area contributed by atoms with Crippen molar-refractivity contribution in [1.82, 2.24) is 9.80 Å². The van der Waals surface area contributed by atoms with Gasteiger partial charge in [-0.15, -0.1) is 0 Å². The van der Waals surface area contributed by atoms with Gasteiger partial charge in [0, 0.05) is 31.6 Å². The van der Waals surface area contributed by atoms with E-state index >= 15 is 0 Å². The number of fused-ring (bicyclic) bond motifs is 8. The second-order valence-electron chi connectivity index (χ2n) is 12.3. The summed E-state index contributed by atoms with van der Waals surface area (Å²) in [5.74, 6) is 1.93. The highest BCUT2D eigenvalue weighted by Crippen LogP contribution is 2.64. The molecule has 0 radical (unpaired) electrons. The Hall–Kier alpha value is -0.500. The van der Waals surface area contributed by atoms with Crippen LogP contribution in [0.1, 0.15) is 78.1 Å². The summed E-state index contributed by atoms with van der Waals surface area (Å²) in [6.07, 6.45) is 12.4. The number of piperidine rings is 4. The maximum atomic E-state index is 11.9. The molecule has 7 heteroatoms. The Labute approximate surface area is 194 Å². The fraction of sp³-hybridized carbons (Fsp3) is 0.960. The van der Waals surface area contributed by atoms with Gasteiger partial charge in [0.2, 0.25) is 0 Å². The number of nitrogens with zero attached hydrogens (tertiary/aromatic N) is 2. The minimum absolute atomic E-state index is 0.0152. The molecule has 2 aliphatic carbocycles. The van der Waals surface area contributed by atoms with Crippen molar-refractivity contribution in [3.05, 3.63) is 0 Å². The highest BCUT2D eigenvalue weighted by Gasteiger charge is 2.65. The van der Waals surface area contributed by atoms with E-state index in [0.29, 0.717) is 12.8 Å². The van der Waals surface area contributed by atoms with E-state index in [1.54, 1.807) is 6.42 Å². The molecular formula is C25H42N2O4S. The van der Waals surface area contributed by atoms with Gasteiger partial charge in [-0.05, 0) is 81.2 Å². The van der Waals surface area contributed by atoms with Gasteiger partial charge in [0.05, 0.1) is 11.2 Å². The fourth-order valence-corrected chi connectivity index (χ4v) is 9.97. The van der Waals surface area contributed by atoms with Crippen molar-refractivity contribution in [3.8, 4) is 0 Å². The first-order valence-electron chi connectivity index (χ1n) is 13.1. The average Bonchev–Trinajstić information content (AvgIpc) is 3.08. The minimum Gasteiger partial charge on any atom is -0.300 e. The molecule has 0 aromatic heterocycles. The van der Waals surface area contributed by atoms with Gasteiger partial charge in [0.15, 0.2) is 0 Å². The van der Waals surface area contributed by atoms with Crippen molar-refractivity contribution in [2.24, 2.45) is 28.6 Å². The molecule has 6 aliphatic rings. The van der Waals surface area contributed by atoms with Crippen LogP contribution in [0, 0.1) is 28.6 Å². The van der Waals surface area contributed by atoms with Crippen molar-refractivity contribution in [3.63, 3.8) is 0 Å². The Bertz CT molecular complexity index is 815. The Morgan fingerprint density at radius 3 is 1.94 bits per heavy atom. The van der Waals surface area contributed by atoms with Gasteiger partial charge in [-0.2, -0.15) is 8.42 Å². The van der Waals surface area contributed by atoms with Crippen LogP contribution in [0.4, 0.5) is 0 Å². The quantitative estimate of drug-likeness (QED) is 0.627. The van der Waals surface area contributed by atoms with Crippen molar-refractivity contribution < 1.29 is 17.8 Å². The SMILES string of the molecule is C1CCN2C[C@@H]3C[C@@H](CN4CCCC[C@@H]34)[C@H]2C1.CC1(C)[C@@H]2CC[C@@]1(CS(=O)(=O)O)C(=O)C2. The van der Waals surface area contributed by atoms with E-state index in [2.05, 4.69) is 9.80 Å². The van der Waals surface area contributed by atoms with Crippen molar-refractivity contribution in [2.75, 3.05) is 31.9 Å². The van der Waals surface area contributed by atoms with Crippen LogP contribution in [0.2, 0.25) is 0 Å². The van der Waals surface area contributed by atoms with Crippen molar-refractivity contribution >= 4 is 15.9 Å². The summed E-state index contributed by atoms with van der Waals surface area (Å²) in [6.45, 7) is 9.57. The fourth-order valence-electron chi connectivity index (χ4n) is 8.67. The first-order chi connectivity index (χ1) is 15.1. The standard InChI is InChI=1S/C15H26N2.C10H16O4S/c1-3-7-16-11-13-9-12(14(16)5-1)10-17-8-4-2-6-15(13)17;1-9(2)7-3-4-10(9,8(11)5-7)6-15(12,13)14/h12-15H,1-11H2;7H,3-6H2,1-2H3,(H,12,13,14)/t12-,13-,14-,15+;7-,10-/m01/s1. The molecule has 6 nitrogen and oxygen atoms in total. The lowest BCUT2D eigenvalue weighted by Gasteiger charge is -2.57. The second-order valence-corrected chi connectivity index (χ2v) is 13.7. The lowest BCUT2D eigenvalue weighted by molar-refractivity contribution is -0.128. The molecule has 4 heterocycles. The summed E-state index contributed by atoms with van der Waals surface area (Å²) in [4.78, 5) is 17.6. The van der Waals surface area contributed by atoms with Crippen molar-refractivity contribution in [1.29, 1.82) is 0 Å². The lowest BCUT2D eigenvalue weighted by Crippen LogP contribution is -2.63. The molecule has 4 saturated heterocycles. The summed E-state index contributed by atoms with van der Waals surface area (Å²) in [7, 11) is -4.08. The van der Waals surface area contributed by atoms with E-state index in [4.69, 9.17) is 4.55 Å². The summed E-state index contributed by atoms with van der Waals surface area (Å²) < 4.78 is 31.0. The maximum Gasteiger partial charge on any atom is 0.265 e. The smallest absolute Gasteiger partial charge is 0.265 e. The van der Waals surface area contributed by atoms with E-state index in [1.165, 1.54) is 64.7 Å². The normalized spacial score (nSPS) is 43.2. The second kappa shape index (κ2) is 8.31. The predicted molar refractivity (Wildman–Crippen MR) is 125 cm³/mol. The van der Waals surface area contributed by atoms with Crippen molar-refractivity contribution in [2.45, 2.75) is 90.1 Å². The minimum atomic E-state index is -4.08. The van der Waals surface area contributed by atoms with Crippen LogP contribution in [-0.2, 0) is 14.9 Å². The molecule has 0 unspecified atom stereocenters. The first-order valence-corrected chi connectivity index (χ1v) is 14.7. The summed E-state index contributed by atoms with van der Waals surface area (Å²) in [5.41, 5.74) is -1.12. The number of hydrogen-bond acceptors (Lipinski definition) is 5. The molecular weight excluding hydrogens is 424 g/mol. The van der Waals surface area contributed by atoms with E-state index in [-0.39, 0.29) is 17.1 Å². The number of ketones is 1. The van der Waals surface area contributed by atoms with Gasteiger partial charge >= 0.3 is 0 Å².